The first kappa shape index (κ1) is 19.8. The number of hydrogen-bond acceptors (Lipinski definition) is 7. The van der Waals surface area contributed by atoms with Crippen molar-refractivity contribution in [2.24, 2.45) is 0 Å². The zero-order valence-electron chi connectivity index (χ0n) is 17.5. The van der Waals surface area contributed by atoms with E-state index in [9.17, 15) is 9.59 Å². The first-order valence-electron chi connectivity index (χ1n) is 9.47. The number of carbonyl (C=O) groups excluding carboxylic acids is 2. The van der Waals surface area contributed by atoms with Gasteiger partial charge in [0.15, 0.2) is 17.3 Å². The molecule has 2 aliphatic heterocycles. The number of allylic oxidation sites excluding steroid dienone is 2. The third-order valence-electron chi connectivity index (χ3n) is 5.32. The van der Waals surface area contributed by atoms with Gasteiger partial charge in [0, 0.05) is 17.0 Å². The van der Waals surface area contributed by atoms with Gasteiger partial charge >= 0.3 is 5.97 Å². The van der Waals surface area contributed by atoms with Crippen LogP contribution in [0.1, 0.15) is 47.7 Å². The van der Waals surface area contributed by atoms with Gasteiger partial charge in [-0.25, -0.2) is 0 Å². The molecule has 0 saturated heterocycles. The quantitative estimate of drug-likeness (QED) is 0.428. The average molecular weight is 410 g/mol. The van der Waals surface area contributed by atoms with Gasteiger partial charge < -0.3 is 23.7 Å². The molecule has 0 amide bonds. The minimum atomic E-state index is -0.449. The number of Topliss-reactive ketones (excluding diaryl/α,β-unsaturated/α-hetero) is 1. The van der Waals surface area contributed by atoms with Gasteiger partial charge in [-0.05, 0) is 37.6 Å². The number of ketones is 1. The van der Waals surface area contributed by atoms with Crippen LogP contribution < -0.4 is 23.7 Å². The topological polar surface area (TPSA) is 80.3 Å². The van der Waals surface area contributed by atoms with Crippen molar-refractivity contribution in [1.82, 2.24) is 0 Å². The Morgan fingerprint density at radius 1 is 0.933 bits per heavy atom. The van der Waals surface area contributed by atoms with Crippen LogP contribution in [0, 0.1) is 0 Å². The molecule has 0 bridgehead atoms. The second-order valence-corrected chi connectivity index (χ2v) is 7.27. The van der Waals surface area contributed by atoms with Gasteiger partial charge in [0.2, 0.25) is 11.5 Å². The highest BCUT2D eigenvalue weighted by Crippen LogP contribution is 2.53. The molecule has 4 rings (SSSR count). The van der Waals surface area contributed by atoms with E-state index in [0.29, 0.717) is 51.2 Å². The molecule has 0 fully saturated rings. The summed E-state index contributed by atoms with van der Waals surface area (Å²) >= 11 is 0. The summed E-state index contributed by atoms with van der Waals surface area (Å²) in [6.07, 6.45) is 0.0665. The van der Waals surface area contributed by atoms with E-state index < -0.39 is 5.92 Å². The molecule has 7 heteroatoms. The SMILES string of the molecule is COc1ccc([C@@H]2CC(=O)Oc3ccc4c(c32)OC(=C(C)C)C4=O)c(OC)c1OC. The third-order valence-corrected chi connectivity index (χ3v) is 5.32. The number of esters is 1. The molecule has 0 aliphatic carbocycles. The van der Waals surface area contributed by atoms with Crippen LogP contribution in [-0.4, -0.2) is 33.1 Å². The molecule has 0 spiro atoms. The van der Waals surface area contributed by atoms with Crippen LogP contribution in [0.3, 0.4) is 0 Å². The van der Waals surface area contributed by atoms with E-state index in [0.717, 1.165) is 5.57 Å². The van der Waals surface area contributed by atoms with Crippen molar-refractivity contribution in [3.05, 3.63) is 52.3 Å². The van der Waals surface area contributed by atoms with E-state index in [1.54, 1.807) is 18.2 Å². The molecule has 2 heterocycles. The Morgan fingerprint density at radius 2 is 1.67 bits per heavy atom. The largest absolute Gasteiger partial charge is 0.493 e. The van der Waals surface area contributed by atoms with Gasteiger partial charge in [-0.15, -0.1) is 0 Å². The van der Waals surface area contributed by atoms with Gasteiger partial charge in [0.05, 0.1) is 33.3 Å². The Bertz CT molecular complexity index is 1090. The molecule has 0 saturated carbocycles. The maximum Gasteiger partial charge on any atom is 0.312 e. The molecule has 30 heavy (non-hydrogen) atoms. The van der Waals surface area contributed by atoms with Crippen LogP contribution in [0.15, 0.2) is 35.6 Å². The Kier molecular flexibility index (Phi) is 4.89. The number of hydrogen-bond donors (Lipinski definition) is 0. The van der Waals surface area contributed by atoms with Gasteiger partial charge in [0.25, 0.3) is 0 Å². The highest BCUT2D eigenvalue weighted by molar-refractivity contribution is 6.13. The van der Waals surface area contributed by atoms with E-state index in [-0.39, 0.29) is 18.2 Å². The second-order valence-electron chi connectivity index (χ2n) is 7.27. The zero-order valence-corrected chi connectivity index (χ0v) is 17.5. The molecule has 2 aromatic carbocycles. The minimum Gasteiger partial charge on any atom is -0.493 e. The summed E-state index contributed by atoms with van der Waals surface area (Å²) in [5.74, 6) is 1.47. The van der Waals surface area contributed by atoms with Crippen molar-refractivity contribution in [3.8, 4) is 28.7 Å². The van der Waals surface area contributed by atoms with Crippen molar-refractivity contribution < 1.29 is 33.3 Å². The summed E-state index contributed by atoms with van der Waals surface area (Å²) in [4.78, 5) is 25.2. The van der Waals surface area contributed by atoms with E-state index in [2.05, 4.69) is 0 Å². The number of methoxy groups -OCH3 is 3. The number of benzene rings is 2. The lowest BCUT2D eigenvalue weighted by molar-refractivity contribution is -0.135. The van der Waals surface area contributed by atoms with Crippen LogP contribution in [0.5, 0.6) is 28.7 Å². The summed E-state index contributed by atoms with van der Waals surface area (Å²) in [6, 6.07) is 6.85. The van der Waals surface area contributed by atoms with Gasteiger partial charge in [0.1, 0.15) is 11.5 Å². The number of carbonyl (C=O) groups is 2. The number of fused-ring (bicyclic) bond motifs is 3. The van der Waals surface area contributed by atoms with Crippen molar-refractivity contribution in [2.45, 2.75) is 26.2 Å². The zero-order chi connectivity index (χ0) is 21.6. The van der Waals surface area contributed by atoms with Crippen LogP contribution >= 0.6 is 0 Å². The molecule has 0 aromatic heterocycles. The highest BCUT2D eigenvalue weighted by Gasteiger charge is 2.40. The smallest absolute Gasteiger partial charge is 0.312 e. The van der Waals surface area contributed by atoms with Gasteiger partial charge in [-0.1, -0.05) is 6.07 Å². The fraction of sp³-hybridized carbons (Fsp3) is 0.304. The van der Waals surface area contributed by atoms with Crippen molar-refractivity contribution >= 4 is 11.8 Å². The highest BCUT2D eigenvalue weighted by atomic mass is 16.5. The Morgan fingerprint density at radius 3 is 2.30 bits per heavy atom. The average Bonchev–Trinajstić information content (AvgIpc) is 3.08. The minimum absolute atomic E-state index is 0.0665. The molecule has 2 aliphatic rings. The van der Waals surface area contributed by atoms with Crippen LogP contribution in [0.2, 0.25) is 0 Å². The van der Waals surface area contributed by atoms with Crippen LogP contribution in [-0.2, 0) is 4.79 Å². The summed E-state index contributed by atoms with van der Waals surface area (Å²) < 4.78 is 28.0. The van der Waals surface area contributed by atoms with Gasteiger partial charge in [-0.3, -0.25) is 9.59 Å². The monoisotopic (exact) mass is 410 g/mol. The maximum atomic E-state index is 12.8. The maximum absolute atomic E-state index is 12.8. The lowest BCUT2D eigenvalue weighted by atomic mass is 9.84. The van der Waals surface area contributed by atoms with E-state index in [1.165, 1.54) is 21.3 Å². The van der Waals surface area contributed by atoms with E-state index in [4.69, 9.17) is 23.7 Å². The first-order valence-corrected chi connectivity index (χ1v) is 9.47. The van der Waals surface area contributed by atoms with Crippen molar-refractivity contribution in [1.29, 1.82) is 0 Å². The Balaban J connectivity index is 1.96. The lowest BCUT2D eigenvalue weighted by Crippen LogP contribution is -2.22. The first-order chi connectivity index (χ1) is 14.4. The summed E-state index contributed by atoms with van der Waals surface area (Å²) in [7, 11) is 4.59. The molecule has 0 unspecified atom stereocenters. The summed E-state index contributed by atoms with van der Waals surface area (Å²) in [5.41, 5.74) is 2.58. The fourth-order valence-electron chi connectivity index (χ4n) is 3.99. The molecule has 7 nitrogen and oxygen atoms in total. The molecule has 0 N–H and O–H groups in total. The number of ether oxygens (including phenoxy) is 5. The van der Waals surface area contributed by atoms with Crippen molar-refractivity contribution in [3.63, 3.8) is 0 Å². The molecule has 156 valence electrons. The second kappa shape index (κ2) is 7.40. The third kappa shape index (κ3) is 2.89. The van der Waals surface area contributed by atoms with Gasteiger partial charge in [-0.2, -0.15) is 0 Å². The molecule has 0 radical (unpaired) electrons. The summed E-state index contributed by atoms with van der Waals surface area (Å²) in [6.45, 7) is 3.64. The van der Waals surface area contributed by atoms with Crippen LogP contribution in [0.4, 0.5) is 0 Å². The predicted molar refractivity (Wildman–Crippen MR) is 108 cm³/mol. The normalized spacial score (nSPS) is 17.0. The van der Waals surface area contributed by atoms with Crippen LogP contribution in [0.25, 0.3) is 0 Å². The molecule has 2 aromatic rings. The fourth-order valence-corrected chi connectivity index (χ4v) is 3.99. The van der Waals surface area contributed by atoms with Crippen molar-refractivity contribution in [2.75, 3.05) is 21.3 Å². The molecular weight excluding hydrogens is 388 g/mol. The lowest BCUT2D eigenvalue weighted by Gasteiger charge is -2.28. The Labute approximate surface area is 174 Å². The summed E-state index contributed by atoms with van der Waals surface area (Å²) in [5, 5.41) is 0. The predicted octanol–water partition coefficient (Wildman–Crippen LogP) is 4.02. The standard InChI is InChI=1S/C23H22O7/c1-11(2)20-19(25)13-7-8-15-18(21(13)30-20)14(10-17(24)29-15)12-6-9-16(26-3)23(28-5)22(12)27-4/h6-9,14H,10H2,1-5H3/t14-/m0/s1. The van der Waals surface area contributed by atoms with E-state index >= 15 is 0 Å². The molecular formula is C23H22O7. The van der Waals surface area contributed by atoms with E-state index in [1.807, 2.05) is 19.9 Å². The number of rotatable bonds is 4. The Hall–Kier alpha value is -3.48. The molecule has 1 atom stereocenters.